The third-order valence-electron chi connectivity index (χ3n) is 5.77. The summed E-state index contributed by atoms with van der Waals surface area (Å²) in [6.45, 7) is 4.78. The first kappa shape index (κ1) is 26.3. The molecular formula is C29H26BrN3O6. The molecule has 0 bridgehead atoms. The van der Waals surface area contributed by atoms with Crippen molar-refractivity contribution < 1.29 is 27.8 Å². The van der Waals surface area contributed by atoms with Gasteiger partial charge in [-0.1, -0.05) is 36.4 Å². The number of hydrogen-bond donors (Lipinski definition) is 0. The third-order valence-corrected chi connectivity index (χ3v) is 6.39. The number of nitrogens with zero attached hydrogens (tertiary/aromatic N) is 3. The number of aryl methyl sites for hydroxylation is 1. The Morgan fingerprint density at radius 3 is 2.62 bits per heavy atom. The van der Waals surface area contributed by atoms with E-state index in [1.54, 1.807) is 36.2 Å². The monoisotopic (exact) mass is 591 g/mol. The Morgan fingerprint density at radius 2 is 1.87 bits per heavy atom. The fourth-order valence-corrected chi connectivity index (χ4v) is 4.37. The molecule has 0 radical (unpaired) electrons. The predicted molar refractivity (Wildman–Crippen MR) is 145 cm³/mol. The van der Waals surface area contributed by atoms with Gasteiger partial charge in [0.25, 0.3) is 5.89 Å². The molecule has 10 heteroatoms. The number of ether oxygens (including phenoxy) is 3. The van der Waals surface area contributed by atoms with Crippen molar-refractivity contribution in [1.29, 1.82) is 0 Å². The molecule has 0 aliphatic rings. The van der Waals surface area contributed by atoms with E-state index in [2.05, 4.69) is 26.0 Å². The van der Waals surface area contributed by atoms with Gasteiger partial charge in [0, 0.05) is 6.20 Å². The number of halogens is 1. The molecule has 9 nitrogen and oxygen atoms in total. The van der Waals surface area contributed by atoms with E-state index in [0.29, 0.717) is 35.4 Å². The summed E-state index contributed by atoms with van der Waals surface area (Å²) in [7, 11) is 0. The van der Waals surface area contributed by atoms with Gasteiger partial charge in [-0.25, -0.2) is 9.78 Å². The van der Waals surface area contributed by atoms with Crippen LogP contribution in [0.4, 0.5) is 0 Å². The largest absolute Gasteiger partial charge is 0.486 e. The summed E-state index contributed by atoms with van der Waals surface area (Å²) in [5, 5.41) is 4.49. The molecule has 5 aromatic rings. The van der Waals surface area contributed by atoms with Crippen LogP contribution in [-0.4, -0.2) is 27.3 Å². The van der Waals surface area contributed by atoms with Crippen LogP contribution in [0.1, 0.15) is 39.9 Å². The number of benzene rings is 2. The number of esters is 1. The van der Waals surface area contributed by atoms with Gasteiger partial charge in [-0.2, -0.15) is 0 Å². The van der Waals surface area contributed by atoms with Crippen molar-refractivity contribution in [3.05, 3.63) is 106 Å². The van der Waals surface area contributed by atoms with Crippen molar-refractivity contribution >= 4 is 21.9 Å². The summed E-state index contributed by atoms with van der Waals surface area (Å²) < 4.78 is 30.6. The molecule has 0 aliphatic carbocycles. The Labute approximate surface area is 233 Å². The van der Waals surface area contributed by atoms with E-state index in [9.17, 15) is 4.79 Å². The molecule has 0 spiro atoms. The minimum atomic E-state index is -0.477. The van der Waals surface area contributed by atoms with E-state index >= 15 is 0 Å². The molecule has 0 N–H and O–H groups in total. The molecule has 0 aliphatic heterocycles. The normalized spacial score (nSPS) is 10.9. The zero-order chi connectivity index (χ0) is 27.2. The zero-order valence-electron chi connectivity index (χ0n) is 21.4. The second-order valence-corrected chi connectivity index (χ2v) is 9.45. The maximum atomic E-state index is 12.5. The van der Waals surface area contributed by atoms with Crippen LogP contribution < -0.4 is 9.47 Å². The van der Waals surface area contributed by atoms with Crippen LogP contribution in [0, 0.1) is 6.92 Å². The summed E-state index contributed by atoms with van der Waals surface area (Å²) in [6.07, 6.45) is 3.22. The number of oxazole rings is 1. The highest BCUT2D eigenvalue weighted by Gasteiger charge is 2.20. The number of aromatic nitrogens is 3. The van der Waals surface area contributed by atoms with E-state index in [1.165, 1.54) is 0 Å². The molecule has 0 atom stereocenters. The lowest BCUT2D eigenvalue weighted by Gasteiger charge is -2.10. The second kappa shape index (κ2) is 12.0. The van der Waals surface area contributed by atoms with E-state index in [-0.39, 0.29) is 31.3 Å². The van der Waals surface area contributed by atoms with Crippen molar-refractivity contribution in [3.8, 4) is 23.3 Å². The summed E-state index contributed by atoms with van der Waals surface area (Å²) in [5.41, 5.74) is 2.88. The lowest BCUT2D eigenvalue weighted by atomic mass is 10.2. The van der Waals surface area contributed by atoms with Gasteiger partial charge in [0.15, 0.2) is 5.76 Å². The molecule has 200 valence electrons. The first-order valence-corrected chi connectivity index (χ1v) is 13.1. The molecule has 0 saturated carbocycles. The minimum absolute atomic E-state index is 0.197. The molecule has 0 fully saturated rings. The van der Waals surface area contributed by atoms with Gasteiger partial charge in [-0.05, 0) is 65.2 Å². The molecule has 5 rings (SSSR count). The van der Waals surface area contributed by atoms with Gasteiger partial charge < -0.3 is 23.0 Å². The fourth-order valence-electron chi connectivity index (χ4n) is 3.83. The molecule has 39 heavy (non-hydrogen) atoms. The van der Waals surface area contributed by atoms with E-state index in [0.717, 1.165) is 15.6 Å². The number of hydrogen-bond acceptors (Lipinski definition) is 8. The van der Waals surface area contributed by atoms with Crippen LogP contribution in [-0.2, 0) is 24.5 Å². The fraction of sp³-hybridized carbons (Fsp3) is 0.207. The number of carbonyl (C=O) groups is 1. The van der Waals surface area contributed by atoms with Crippen LogP contribution in [0.3, 0.4) is 0 Å². The van der Waals surface area contributed by atoms with Gasteiger partial charge in [-0.3, -0.25) is 4.68 Å². The Kier molecular flexibility index (Phi) is 8.12. The van der Waals surface area contributed by atoms with Crippen LogP contribution in [0.2, 0.25) is 0 Å². The Balaban J connectivity index is 1.24. The van der Waals surface area contributed by atoms with Crippen molar-refractivity contribution in [2.45, 2.75) is 33.6 Å². The van der Waals surface area contributed by atoms with Crippen LogP contribution >= 0.6 is 15.9 Å². The molecular weight excluding hydrogens is 566 g/mol. The molecule has 0 amide bonds. The molecule has 2 aromatic carbocycles. The Morgan fingerprint density at radius 1 is 1.03 bits per heavy atom. The Bertz CT molecular complexity index is 1540. The summed E-state index contributed by atoms with van der Waals surface area (Å²) in [4.78, 5) is 17.0. The maximum Gasteiger partial charge on any atom is 0.345 e. The number of carbonyl (C=O) groups excluding carboxylic acids is 1. The van der Waals surface area contributed by atoms with Crippen LogP contribution in [0.15, 0.2) is 86.4 Å². The summed E-state index contributed by atoms with van der Waals surface area (Å²) in [5.74, 6) is 2.01. The van der Waals surface area contributed by atoms with Gasteiger partial charge >= 0.3 is 5.97 Å². The van der Waals surface area contributed by atoms with Gasteiger partial charge in [0.05, 0.1) is 23.9 Å². The molecule has 3 heterocycles. The highest BCUT2D eigenvalue weighted by Crippen LogP contribution is 2.29. The van der Waals surface area contributed by atoms with E-state index in [4.69, 9.17) is 23.0 Å². The standard InChI is InChI=1S/C29H26BrN3O6/c1-3-35-29(34)22-16-33(15-20-8-5-4-6-9-20)32-27(22)38-17-21-11-12-25(23(30)14-21)37-18-24-19(2)39-28(31-24)26-10-7-13-36-26/h4-14,16H,3,15,17-18H2,1-2H3. The number of furan rings is 1. The van der Waals surface area contributed by atoms with Crippen LogP contribution in [0.25, 0.3) is 11.7 Å². The van der Waals surface area contributed by atoms with Crippen molar-refractivity contribution in [1.82, 2.24) is 14.8 Å². The molecule has 0 saturated heterocycles. The maximum absolute atomic E-state index is 12.5. The second-order valence-electron chi connectivity index (χ2n) is 8.59. The lowest BCUT2D eigenvalue weighted by molar-refractivity contribution is 0.0521. The SMILES string of the molecule is CCOC(=O)c1cn(Cc2ccccc2)nc1OCc1ccc(OCc2nc(-c3ccco3)oc2C)c(Br)c1. The molecule has 0 unspecified atom stereocenters. The van der Waals surface area contributed by atoms with E-state index in [1.807, 2.05) is 55.5 Å². The lowest BCUT2D eigenvalue weighted by Crippen LogP contribution is -2.06. The highest BCUT2D eigenvalue weighted by atomic mass is 79.9. The average molecular weight is 592 g/mol. The van der Waals surface area contributed by atoms with Gasteiger partial charge in [0.2, 0.25) is 5.88 Å². The highest BCUT2D eigenvalue weighted by molar-refractivity contribution is 9.10. The summed E-state index contributed by atoms with van der Waals surface area (Å²) >= 11 is 3.57. The minimum Gasteiger partial charge on any atom is -0.486 e. The molecule has 3 aromatic heterocycles. The van der Waals surface area contributed by atoms with Crippen molar-refractivity contribution in [2.24, 2.45) is 0 Å². The summed E-state index contributed by atoms with van der Waals surface area (Å²) in [6, 6.07) is 19.0. The van der Waals surface area contributed by atoms with Crippen molar-refractivity contribution in [2.75, 3.05) is 6.61 Å². The zero-order valence-corrected chi connectivity index (χ0v) is 23.0. The number of rotatable bonds is 11. The van der Waals surface area contributed by atoms with Crippen molar-refractivity contribution in [3.63, 3.8) is 0 Å². The quantitative estimate of drug-likeness (QED) is 0.159. The van der Waals surface area contributed by atoms with Crippen LogP contribution in [0.5, 0.6) is 11.6 Å². The smallest absolute Gasteiger partial charge is 0.345 e. The first-order chi connectivity index (χ1) is 19.0. The van der Waals surface area contributed by atoms with E-state index < -0.39 is 5.97 Å². The third kappa shape index (κ3) is 6.40. The topological polar surface area (TPSA) is 102 Å². The average Bonchev–Trinajstić information content (AvgIpc) is 3.68. The Hall–Kier alpha value is -4.31. The predicted octanol–water partition coefficient (Wildman–Crippen LogP) is 6.59. The van der Waals surface area contributed by atoms with Gasteiger partial charge in [-0.15, -0.1) is 5.10 Å². The van der Waals surface area contributed by atoms with Gasteiger partial charge in [0.1, 0.15) is 36.0 Å². The first-order valence-electron chi connectivity index (χ1n) is 12.3.